The lowest BCUT2D eigenvalue weighted by molar-refractivity contribution is -0.199. The lowest BCUT2D eigenvalue weighted by Gasteiger charge is -2.64. The van der Waals surface area contributed by atoms with E-state index >= 15 is 0 Å². The molecule has 5 rings (SSSR count). The van der Waals surface area contributed by atoms with Crippen LogP contribution in [0.4, 0.5) is 0 Å². The fourth-order valence-corrected chi connectivity index (χ4v) is 5.30. The van der Waals surface area contributed by atoms with E-state index in [0.717, 1.165) is 12.1 Å². The van der Waals surface area contributed by atoms with Crippen LogP contribution in [0, 0.1) is 17.3 Å². The first kappa shape index (κ1) is 19.1. The Morgan fingerprint density at radius 1 is 1.32 bits per heavy atom. The molecule has 5 atom stereocenters. The van der Waals surface area contributed by atoms with Gasteiger partial charge in [0, 0.05) is 5.92 Å². The number of aliphatic imine (C=N–C) groups is 1. The highest BCUT2D eigenvalue weighted by atomic mass is 16.6. The van der Waals surface area contributed by atoms with Crippen molar-refractivity contribution in [2.75, 3.05) is 6.61 Å². The summed E-state index contributed by atoms with van der Waals surface area (Å²) in [6, 6.07) is 6.98. The first-order valence-electron chi connectivity index (χ1n) is 9.90. The van der Waals surface area contributed by atoms with Gasteiger partial charge in [-0.15, -0.1) is 0 Å². The van der Waals surface area contributed by atoms with Gasteiger partial charge in [-0.1, -0.05) is 44.2 Å². The van der Waals surface area contributed by atoms with Crippen molar-refractivity contribution in [3.63, 3.8) is 0 Å². The predicted molar refractivity (Wildman–Crippen MR) is 103 cm³/mol. The van der Waals surface area contributed by atoms with Gasteiger partial charge in [0.25, 0.3) is 0 Å². The molecular formula is C22H27NO5. The summed E-state index contributed by atoms with van der Waals surface area (Å²) >= 11 is 0. The molecule has 6 heteroatoms. The van der Waals surface area contributed by atoms with Gasteiger partial charge in [-0.05, 0) is 43.6 Å². The Hall–Kier alpha value is -2.21. The zero-order valence-corrected chi connectivity index (χ0v) is 16.8. The molecule has 1 aliphatic heterocycles. The maximum Gasteiger partial charge on any atom is 0.345 e. The smallest absolute Gasteiger partial charge is 0.345 e. The first-order valence-corrected chi connectivity index (χ1v) is 9.90. The maximum atomic E-state index is 13.1. The van der Waals surface area contributed by atoms with E-state index in [1.807, 2.05) is 6.92 Å². The van der Waals surface area contributed by atoms with Gasteiger partial charge >= 0.3 is 11.9 Å². The molecule has 0 unspecified atom stereocenters. The van der Waals surface area contributed by atoms with Crippen molar-refractivity contribution in [3.8, 4) is 0 Å². The number of benzene rings is 1. The van der Waals surface area contributed by atoms with Crippen LogP contribution in [0.15, 0.2) is 35.3 Å². The molecule has 6 nitrogen and oxygen atoms in total. The van der Waals surface area contributed by atoms with E-state index in [1.165, 1.54) is 0 Å². The second kappa shape index (κ2) is 6.14. The molecule has 1 heterocycles. The summed E-state index contributed by atoms with van der Waals surface area (Å²) in [5, 5.41) is 11.4. The summed E-state index contributed by atoms with van der Waals surface area (Å²) in [7, 11) is 0. The average molecular weight is 385 g/mol. The Bertz CT molecular complexity index is 848. The molecule has 0 spiro atoms. The zero-order chi connectivity index (χ0) is 20.3. The minimum absolute atomic E-state index is 0.0811. The van der Waals surface area contributed by atoms with Crippen LogP contribution in [-0.4, -0.2) is 41.0 Å². The highest BCUT2D eigenvalue weighted by molar-refractivity contribution is 6.03. The van der Waals surface area contributed by atoms with Crippen molar-refractivity contribution >= 4 is 17.7 Å². The van der Waals surface area contributed by atoms with Crippen LogP contribution in [0.3, 0.4) is 0 Å². The van der Waals surface area contributed by atoms with Crippen LogP contribution in [0.5, 0.6) is 0 Å². The molecule has 0 aromatic heterocycles. The van der Waals surface area contributed by atoms with Crippen LogP contribution in [0.25, 0.3) is 0 Å². The van der Waals surface area contributed by atoms with E-state index in [1.54, 1.807) is 37.3 Å². The normalized spacial score (nSPS) is 34.8. The van der Waals surface area contributed by atoms with Gasteiger partial charge in [0.05, 0.1) is 12.3 Å². The lowest BCUT2D eigenvalue weighted by atomic mass is 9.43. The summed E-state index contributed by atoms with van der Waals surface area (Å²) in [5.41, 5.74) is -1.89. The Balaban J connectivity index is 1.79. The van der Waals surface area contributed by atoms with Gasteiger partial charge in [-0.2, -0.15) is 0 Å². The summed E-state index contributed by atoms with van der Waals surface area (Å²) in [5.74, 6) is -0.923. The van der Waals surface area contributed by atoms with Gasteiger partial charge in [-0.3, -0.25) is 4.99 Å². The van der Waals surface area contributed by atoms with Crippen LogP contribution in [0.1, 0.15) is 46.1 Å². The van der Waals surface area contributed by atoms with E-state index in [2.05, 4.69) is 18.8 Å². The molecule has 0 saturated heterocycles. The Kier molecular flexibility index (Phi) is 4.20. The summed E-state index contributed by atoms with van der Waals surface area (Å²) in [6.45, 7) is 8.05. The minimum Gasteiger partial charge on any atom is -0.464 e. The second-order valence-corrected chi connectivity index (χ2v) is 8.87. The predicted octanol–water partition coefficient (Wildman–Crippen LogP) is 2.63. The molecule has 0 amide bonds. The van der Waals surface area contributed by atoms with E-state index in [0.29, 0.717) is 12.3 Å². The summed E-state index contributed by atoms with van der Waals surface area (Å²) < 4.78 is 11.1. The Morgan fingerprint density at radius 2 is 2.00 bits per heavy atom. The molecule has 1 aromatic rings. The number of carbonyl (C=O) groups is 2. The van der Waals surface area contributed by atoms with Gasteiger partial charge in [-0.25, -0.2) is 9.59 Å². The van der Waals surface area contributed by atoms with E-state index in [4.69, 9.17) is 9.47 Å². The number of ether oxygens (including phenoxy) is 2. The van der Waals surface area contributed by atoms with Crippen LogP contribution >= 0.6 is 0 Å². The second-order valence-electron chi connectivity index (χ2n) is 8.87. The van der Waals surface area contributed by atoms with E-state index in [-0.39, 0.29) is 23.5 Å². The van der Waals surface area contributed by atoms with Gasteiger partial charge in [0.15, 0.2) is 11.6 Å². The standard InChI is InChI=1S/C22H27NO5/c1-5-27-19(25)22(26,13-9-7-6-8-10-13)17-18(24)28-21(4)15-11-14(20(15,2)3)12-16(21)23-17/h6-10,14-15,17,26H,5,11-12H2,1-4H3/t14-,15-,17+,21-,22-/m0/s1. The largest absolute Gasteiger partial charge is 0.464 e. The van der Waals surface area contributed by atoms with Crippen molar-refractivity contribution in [2.45, 2.75) is 57.8 Å². The first-order chi connectivity index (χ1) is 13.2. The molecule has 1 N–H and O–H groups in total. The molecule has 150 valence electrons. The molecule has 1 aromatic carbocycles. The molecular weight excluding hydrogens is 358 g/mol. The fourth-order valence-electron chi connectivity index (χ4n) is 5.30. The maximum absolute atomic E-state index is 13.1. The lowest BCUT2D eigenvalue weighted by Crippen LogP contribution is -2.69. The van der Waals surface area contributed by atoms with Crippen LogP contribution in [-0.2, 0) is 24.7 Å². The van der Waals surface area contributed by atoms with Crippen molar-refractivity contribution in [2.24, 2.45) is 22.2 Å². The molecule has 2 bridgehead atoms. The highest BCUT2D eigenvalue weighted by Gasteiger charge is 2.67. The van der Waals surface area contributed by atoms with E-state index < -0.39 is 29.2 Å². The third-order valence-corrected chi connectivity index (χ3v) is 7.17. The van der Waals surface area contributed by atoms with Crippen molar-refractivity contribution in [3.05, 3.63) is 35.9 Å². The van der Waals surface area contributed by atoms with Gasteiger partial charge in [0.2, 0.25) is 5.60 Å². The number of hydrogen-bond acceptors (Lipinski definition) is 6. The number of nitrogens with zero attached hydrogens (tertiary/aromatic N) is 1. The molecule has 3 fully saturated rings. The number of esters is 2. The summed E-state index contributed by atoms with van der Waals surface area (Å²) in [6.07, 6.45) is 1.71. The quantitative estimate of drug-likeness (QED) is 0.806. The van der Waals surface area contributed by atoms with Crippen molar-refractivity contribution in [1.82, 2.24) is 0 Å². The highest BCUT2D eigenvalue weighted by Crippen LogP contribution is 2.63. The monoisotopic (exact) mass is 385 g/mol. The van der Waals surface area contributed by atoms with Crippen LogP contribution < -0.4 is 0 Å². The third kappa shape index (κ3) is 2.40. The molecule has 3 saturated carbocycles. The molecule has 3 aliphatic carbocycles. The zero-order valence-electron chi connectivity index (χ0n) is 16.8. The van der Waals surface area contributed by atoms with E-state index in [9.17, 15) is 14.7 Å². The minimum atomic E-state index is -2.22. The van der Waals surface area contributed by atoms with Crippen molar-refractivity contribution in [1.29, 1.82) is 0 Å². The van der Waals surface area contributed by atoms with Crippen molar-refractivity contribution < 1.29 is 24.2 Å². The average Bonchev–Trinajstić information content (AvgIpc) is 2.66. The molecule has 28 heavy (non-hydrogen) atoms. The van der Waals surface area contributed by atoms with Gasteiger partial charge < -0.3 is 14.6 Å². The Labute approximate surface area is 164 Å². The number of carbonyl (C=O) groups excluding carboxylic acids is 2. The molecule has 4 aliphatic rings. The fraction of sp³-hybridized carbons (Fsp3) is 0.591. The Morgan fingerprint density at radius 3 is 2.61 bits per heavy atom. The number of rotatable bonds is 4. The number of aliphatic hydroxyl groups is 1. The topological polar surface area (TPSA) is 85.2 Å². The molecule has 0 radical (unpaired) electrons. The third-order valence-electron chi connectivity index (χ3n) is 7.17. The number of hydrogen-bond donors (Lipinski definition) is 1. The SMILES string of the molecule is CCOC(=O)[C@](O)(c1ccccc1)[C@@H]1N=C2C[C@@H]3C[C@@H](C3(C)C)[C@]2(C)OC1=O. The van der Waals surface area contributed by atoms with Gasteiger partial charge in [0.1, 0.15) is 0 Å². The van der Waals surface area contributed by atoms with Crippen LogP contribution in [0.2, 0.25) is 0 Å². The summed E-state index contributed by atoms with van der Waals surface area (Å²) in [4.78, 5) is 30.5.